The first-order valence-corrected chi connectivity index (χ1v) is 10.1. The normalized spacial score (nSPS) is 14.5. The highest BCUT2D eigenvalue weighted by Crippen LogP contribution is 2.17. The Morgan fingerprint density at radius 1 is 1.24 bits per heavy atom. The second-order valence-corrected chi connectivity index (χ2v) is 8.06. The van der Waals surface area contributed by atoms with Gasteiger partial charge in [-0.15, -0.1) is 11.3 Å². The van der Waals surface area contributed by atoms with Crippen molar-refractivity contribution < 1.29 is 13.2 Å². The van der Waals surface area contributed by atoms with Gasteiger partial charge in [0.15, 0.2) is 0 Å². The Bertz CT molecular complexity index is 916. The number of thiophene rings is 1. The molecule has 1 aliphatic heterocycles. The van der Waals surface area contributed by atoms with Crippen molar-refractivity contribution in [2.45, 2.75) is 17.7 Å². The van der Waals surface area contributed by atoms with Crippen molar-refractivity contribution in [2.24, 2.45) is 4.99 Å². The number of hydrogen-bond acceptors (Lipinski definition) is 5. The first-order chi connectivity index (χ1) is 12.0. The van der Waals surface area contributed by atoms with Crippen LogP contribution in [0.15, 0.2) is 57.7 Å². The SMILES string of the molecule is O=C(/C=C/c1cccs1)Nc1cccc(S(=O)(=O)NC2=NCCC2)c1. The summed E-state index contributed by atoms with van der Waals surface area (Å²) in [6.45, 7) is 0.643. The van der Waals surface area contributed by atoms with E-state index >= 15 is 0 Å². The molecule has 130 valence electrons. The van der Waals surface area contributed by atoms with Gasteiger partial charge in [-0.1, -0.05) is 12.1 Å². The molecule has 0 aliphatic carbocycles. The Morgan fingerprint density at radius 3 is 2.84 bits per heavy atom. The number of sulfonamides is 1. The molecule has 0 saturated carbocycles. The van der Waals surface area contributed by atoms with E-state index in [9.17, 15) is 13.2 Å². The van der Waals surface area contributed by atoms with Gasteiger partial charge in [-0.3, -0.25) is 14.5 Å². The van der Waals surface area contributed by atoms with E-state index in [2.05, 4.69) is 15.0 Å². The van der Waals surface area contributed by atoms with Gasteiger partial charge in [0.1, 0.15) is 5.84 Å². The standard InChI is InChI=1S/C17H17N3O3S2/c21-17(9-8-14-5-3-11-24-14)19-13-4-1-6-15(12-13)25(22,23)20-16-7-2-10-18-16/h1,3-6,8-9,11-12H,2,7,10H2,(H,18,20)(H,19,21)/b9-8+. The molecule has 6 nitrogen and oxygen atoms in total. The molecule has 0 radical (unpaired) electrons. The van der Waals surface area contributed by atoms with E-state index in [4.69, 9.17) is 0 Å². The third-order valence-electron chi connectivity index (χ3n) is 3.48. The fraction of sp³-hybridized carbons (Fsp3) is 0.176. The molecule has 1 aromatic heterocycles. The van der Waals surface area contributed by atoms with Crippen LogP contribution < -0.4 is 10.0 Å². The molecular formula is C17H17N3O3S2. The minimum Gasteiger partial charge on any atom is -0.322 e. The Hall–Kier alpha value is -2.45. The van der Waals surface area contributed by atoms with Crippen molar-refractivity contribution in [3.63, 3.8) is 0 Å². The summed E-state index contributed by atoms with van der Waals surface area (Å²) in [6.07, 6.45) is 4.60. The van der Waals surface area contributed by atoms with Gasteiger partial charge in [-0.25, -0.2) is 8.42 Å². The largest absolute Gasteiger partial charge is 0.322 e. The minimum absolute atomic E-state index is 0.0853. The van der Waals surface area contributed by atoms with Crippen molar-refractivity contribution in [2.75, 3.05) is 11.9 Å². The molecule has 0 saturated heterocycles. The topological polar surface area (TPSA) is 87.6 Å². The van der Waals surface area contributed by atoms with E-state index in [1.165, 1.54) is 29.5 Å². The highest BCUT2D eigenvalue weighted by Gasteiger charge is 2.18. The second-order valence-electron chi connectivity index (χ2n) is 5.40. The summed E-state index contributed by atoms with van der Waals surface area (Å²) in [5.74, 6) is 0.157. The summed E-state index contributed by atoms with van der Waals surface area (Å²) >= 11 is 1.53. The Morgan fingerprint density at radius 2 is 2.12 bits per heavy atom. The molecule has 0 atom stereocenters. The Kier molecular flexibility index (Phi) is 5.30. The van der Waals surface area contributed by atoms with Crippen LogP contribution in [0.5, 0.6) is 0 Å². The van der Waals surface area contributed by atoms with Crippen molar-refractivity contribution in [3.05, 3.63) is 52.7 Å². The van der Waals surface area contributed by atoms with Crippen LogP contribution >= 0.6 is 11.3 Å². The number of carbonyl (C=O) groups is 1. The minimum atomic E-state index is -3.70. The Balaban J connectivity index is 1.69. The zero-order valence-corrected chi connectivity index (χ0v) is 14.9. The number of nitrogens with one attached hydrogen (secondary N) is 2. The monoisotopic (exact) mass is 375 g/mol. The van der Waals surface area contributed by atoms with E-state index in [1.807, 2.05) is 17.5 Å². The quantitative estimate of drug-likeness (QED) is 0.788. The van der Waals surface area contributed by atoms with Crippen LogP contribution in [-0.4, -0.2) is 26.7 Å². The van der Waals surface area contributed by atoms with Gasteiger partial charge in [0.25, 0.3) is 10.0 Å². The number of rotatable bonds is 5. The molecule has 2 aromatic rings. The number of carbonyl (C=O) groups excluding carboxylic acids is 1. The van der Waals surface area contributed by atoms with Crippen LogP contribution in [0.2, 0.25) is 0 Å². The molecular weight excluding hydrogens is 358 g/mol. The first kappa shape index (κ1) is 17.4. The fourth-order valence-corrected chi connectivity index (χ4v) is 4.06. The average Bonchev–Trinajstić information content (AvgIpc) is 3.26. The van der Waals surface area contributed by atoms with Gasteiger partial charge in [0.2, 0.25) is 5.91 Å². The fourth-order valence-electron chi connectivity index (χ4n) is 2.31. The zero-order chi connectivity index (χ0) is 17.7. The molecule has 0 spiro atoms. The molecule has 0 fully saturated rings. The number of amides is 1. The maximum absolute atomic E-state index is 12.4. The summed E-state index contributed by atoms with van der Waals surface area (Å²) in [4.78, 5) is 17.1. The average molecular weight is 375 g/mol. The Labute approximate surface area is 150 Å². The molecule has 1 aromatic carbocycles. The number of anilines is 1. The lowest BCUT2D eigenvalue weighted by Crippen LogP contribution is -2.29. The van der Waals surface area contributed by atoms with Crippen molar-refractivity contribution in [3.8, 4) is 0 Å². The van der Waals surface area contributed by atoms with E-state index < -0.39 is 10.0 Å². The molecule has 2 N–H and O–H groups in total. The molecule has 8 heteroatoms. The number of aliphatic imine (C=N–C) groups is 1. The smallest absolute Gasteiger partial charge is 0.262 e. The summed E-state index contributed by atoms with van der Waals surface area (Å²) in [5.41, 5.74) is 0.414. The second kappa shape index (κ2) is 7.62. The van der Waals surface area contributed by atoms with E-state index in [0.717, 1.165) is 11.3 Å². The number of hydrogen-bond donors (Lipinski definition) is 2. The van der Waals surface area contributed by atoms with Gasteiger partial charge >= 0.3 is 0 Å². The predicted molar refractivity (Wildman–Crippen MR) is 100 cm³/mol. The van der Waals surface area contributed by atoms with Crippen LogP contribution in [0.3, 0.4) is 0 Å². The van der Waals surface area contributed by atoms with Gasteiger partial charge in [-0.2, -0.15) is 0 Å². The summed E-state index contributed by atoms with van der Waals surface area (Å²) in [7, 11) is -3.70. The van der Waals surface area contributed by atoms with Crippen LogP contribution in [0.25, 0.3) is 6.08 Å². The molecule has 3 rings (SSSR count). The van der Waals surface area contributed by atoms with Crippen molar-refractivity contribution >= 4 is 44.9 Å². The molecule has 0 bridgehead atoms. The summed E-state index contributed by atoms with van der Waals surface area (Å²) in [5, 5.41) is 4.59. The van der Waals surface area contributed by atoms with Crippen LogP contribution in [0.4, 0.5) is 5.69 Å². The molecule has 2 heterocycles. The number of benzene rings is 1. The number of amidine groups is 1. The van der Waals surface area contributed by atoms with Crippen molar-refractivity contribution in [1.82, 2.24) is 4.72 Å². The lowest BCUT2D eigenvalue weighted by atomic mass is 10.3. The van der Waals surface area contributed by atoms with Crippen LogP contribution in [0, 0.1) is 0 Å². The van der Waals surface area contributed by atoms with Gasteiger partial charge in [-0.05, 0) is 42.1 Å². The predicted octanol–water partition coefficient (Wildman–Crippen LogP) is 2.87. The zero-order valence-electron chi connectivity index (χ0n) is 13.3. The summed E-state index contributed by atoms with van der Waals surface area (Å²) < 4.78 is 27.3. The lowest BCUT2D eigenvalue weighted by molar-refractivity contribution is -0.111. The van der Waals surface area contributed by atoms with Gasteiger partial charge < -0.3 is 5.32 Å². The highest BCUT2D eigenvalue weighted by molar-refractivity contribution is 7.90. The van der Waals surface area contributed by atoms with Crippen LogP contribution in [-0.2, 0) is 14.8 Å². The third-order valence-corrected chi connectivity index (χ3v) is 5.70. The molecule has 1 aliphatic rings. The molecule has 0 unspecified atom stereocenters. The molecule has 25 heavy (non-hydrogen) atoms. The lowest BCUT2D eigenvalue weighted by Gasteiger charge is -2.09. The maximum Gasteiger partial charge on any atom is 0.262 e. The van der Waals surface area contributed by atoms with E-state index in [1.54, 1.807) is 18.2 Å². The first-order valence-electron chi connectivity index (χ1n) is 7.72. The van der Waals surface area contributed by atoms with E-state index in [-0.39, 0.29) is 10.8 Å². The van der Waals surface area contributed by atoms with Gasteiger partial charge in [0, 0.05) is 29.6 Å². The highest BCUT2D eigenvalue weighted by atomic mass is 32.2. The molecule has 1 amide bonds. The van der Waals surface area contributed by atoms with Gasteiger partial charge in [0.05, 0.1) is 4.90 Å². The summed E-state index contributed by atoms with van der Waals surface area (Å²) in [6, 6.07) is 9.94. The number of nitrogens with zero attached hydrogens (tertiary/aromatic N) is 1. The third kappa shape index (κ3) is 4.77. The van der Waals surface area contributed by atoms with Crippen LogP contribution in [0.1, 0.15) is 17.7 Å². The maximum atomic E-state index is 12.4. The van der Waals surface area contributed by atoms with E-state index in [0.29, 0.717) is 24.5 Å². The van der Waals surface area contributed by atoms with Crippen molar-refractivity contribution in [1.29, 1.82) is 0 Å².